The molecule has 0 unspecified atom stereocenters. The molecule has 0 aromatic heterocycles. The fourth-order valence-electron chi connectivity index (χ4n) is 3.38. The van der Waals surface area contributed by atoms with Crippen molar-refractivity contribution in [2.75, 3.05) is 16.8 Å². The van der Waals surface area contributed by atoms with Crippen molar-refractivity contribution >= 4 is 34.9 Å². The van der Waals surface area contributed by atoms with Gasteiger partial charge in [-0.2, -0.15) is 0 Å². The molecule has 0 saturated carbocycles. The molecule has 0 spiro atoms. The molecule has 0 bridgehead atoms. The van der Waals surface area contributed by atoms with E-state index in [1.54, 1.807) is 53.4 Å². The SMILES string of the molecule is CCCC(=O)Nc1ccc(C(=O)[C@@H](C)OC(=O)c2ccc(N3CCCC3=O)cc2)cc1. The summed E-state index contributed by atoms with van der Waals surface area (Å²) in [6.07, 6.45) is 1.59. The van der Waals surface area contributed by atoms with Crippen molar-refractivity contribution in [3.8, 4) is 0 Å². The molecule has 1 aliphatic heterocycles. The van der Waals surface area contributed by atoms with Gasteiger partial charge >= 0.3 is 5.97 Å². The van der Waals surface area contributed by atoms with Crippen LogP contribution in [0.4, 0.5) is 11.4 Å². The number of nitrogens with one attached hydrogen (secondary N) is 1. The number of anilines is 2. The maximum absolute atomic E-state index is 12.6. The lowest BCUT2D eigenvalue weighted by Gasteiger charge is -2.16. The summed E-state index contributed by atoms with van der Waals surface area (Å²) in [7, 11) is 0. The highest BCUT2D eigenvalue weighted by Crippen LogP contribution is 2.22. The maximum atomic E-state index is 12.6. The summed E-state index contributed by atoms with van der Waals surface area (Å²) in [5, 5.41) is 2.76. The molecule has 7 heteroatoms. The van der Waals surface area contributed by atoms with Crippen LogP contribution in [0, 0.1) is 0 Å². The molecule has 1 atom stereocenters. The molecule has 2 amide bonds. The number of nitrogens with zero attached hydrogens (tertiary/aromatic N) is 1. The first-order chi connectivity index (χ1) is 14.9. The van der Waals surface area contributed by atoms with Crippen LogP contribution in [0.25, 0.3) is 0 Å². The van der Waals surface area contributed by atoms with Gasteiger partial charge in [-0.05, 0) is 68.3 Å². The zero-order chi connectivity index (χ0) is 22.4. The van der Waals surface area contributed by atoms with Crippen molar-refractivity contribution in [1.82, 2.24) is 0 Å². The fraction of sp³-hybridized carbons (Fsp3) is 0.333. The zero-order valence-electron chi connectivity index (χ0n) is 17.7. The van der Waals surface area contributed by atoms with E-state index in [2.05, 4.69) is 5.32 Å². The third kappa shape index (κ3) is 5.57. The highest BCUT2D eigenvalue weighted by atomic mass is 16.5. The highest BCUT2D eigenvalue weighted by molar-refractivity contribution is 6.02. The van der Waals surface area contributed by atoms with Crippen LogP contribution < -0.4 is 10.2 Å². The Labute approximate surface area is 181 Å². The predicted octanol–water partition coefficient (Wildman–Crippen LogP) is 3.98. The molecule has 31 heavy (non-hydrogen) atoms. The molecule has 1 N–H and O–H groups in total. The molecular formula is C24H26N2O5. The van der Waals surface area contributed by atoms with Gasteiger partial charge in [0, 0.05) is 36.3 Å². The second-order valence-electron chi connectivity index (χ2n) is 7.48. The molecule has 3 rings (SSSR count). The number of Topliss-reactive ketones (excluding diaryl/α,β-unsaturated/α-hetero) is 1. The number of amides is 2. The van der Waals surface area contributed by atoms with E-state index in [9.17, 15) is 19.2 Å². The summed E-state index contributed by atoms with van der Waals surface area (Å²) in [5.74, 6) is -0.947. The monoisotopic (exact) mass is 422 g/mol. The summed E-state index contributed by atoms with van der Waals surface area (Å²) in [4.78, 5) is 50.2. The molecule has 1 saturated heterocycles. The molecular weight excluding hydrogens is 396 g/mol. The lowest BCUT2D eigenvalue weighted by atomic mass is 10.1. The molecule has 0 aliphatic carbocycles. The van der Waals surface area contributed by atoms with E-state index in [1.165, 1.54) is 6.92 Å². The van der Waals surface area contributed by atoms with E-state index in [0.717, 1.165) is 18.5 Å². The quantitative estimate of drug-likeness (QED) is 0.513. The Kier molecular flexibility index (Phi) is 7.18. The third-order valence-corrected chi connectivity index (χ3v) is 5.07. The standard InChI is InChI=1S/C24H26N2O5/c1-3-5-21(27)25-19-11-7-17(8-12-19)23(29)16(2)31-24(30)18-9-13-20(14-10-18)26-15-4-6-22(26)28/h7-14,16H,3-6,15H2,1-2H3,(H,25,27)/t16-/m1/s1. The van der Waals surface area contributed by atoms with Gasteiger partial charge < -0.3 is 15.0 Å². The lowest BCUT2D eigenvalue weighted by Crippen LogP contribution is -2.25. The Balaban J connectivity index is 1.58. The van der Waals surface area contributed by atoms with Crippen molar-refractivity contribution < 1.29 is 23.9 Å². The summed E-state index contributed by atoms with van der Waals surface area (Å²) in [6, 6.07) is 13.1. The van der Waals surface area contributed by atoms with Gasteiger partial charge in [-0.25, -0.2) is 4.79 Å². The molecule has 162 valence electrons. The molecule has 1 fully saturated rings. The third-order valence-electron chi connectivity index (χ3n) is 5.07. The van der Waals surface area contributed by atoms with E-state index >= 15 is 0 Å². The van der Waals surface area contributed by atoms with Crippen molar-refractivity contribution in [2.45, 2.75) is 45.6 Å². The topological polar surface area (TPSA) is 92.8 Å². The first-order valence-corrected chi connectivity index (χ1v) is 10.4. The van der Waals surface area contributed by atoms with Crippen LogP contribution in [0.15, 0.2) is 48.5 Å². The van der Waals surface area contributed by atoms with Crippen molar-refractivity contribution in [1.29, 1.82) is 0 Å². The number of rotatable bonds is 8. The van der Waals surface area contributed by atoms with E-state index in [4.69, 9.17) is 4.74 Å². The summed E-state index contributed by atoms with van der Waals surface area (Å²) < 4.78 is 5.33. The second-order valence-corrected chi connectivity index (χ2v) is 7.48. The predicted molar refractivity (Wildman–Crippen MR) is 117 cm³/mol. The number of carbonyl (C=O) groups excluding carboxylic acids is 4. The average Bonchev–Trinajstić information content (AvgIpc) is 3.19. The van der Waals surface area contributed by atoms with Crippen LogP contribution in [0.5, 0.6) is 0 Å². The Morgan fingerprint density at radius 3 is 2.26 bits per heavy atom. The number of hydrogen-bond donors (Lipinski definition) is 1. The minimum Gasteiger partial charge on any atom is -0.451 e. The molecule has 2 aromatic rings. The lowest BCUT2D eigenvalue weighted by molar-refractivity contribution is -0.117. The van der Waals surface area contributed by atoms with E-state index in [0.29, 0.717) is 36.2 Å². The van der Waals surface area contributed by atoms with Gasteiger partial charge in [0.1, 0.15) is 0 Å². The van der Waals surface area contributed by atoms with E-state index in [1.807, 2.05) is 6.92 Å². The zero-order valence-corrected chi connectivity index (χ0v) is 17.7. The Morgan fingerprint density at radius 1 is 1.03 bits per heavy atom. The fourth-order valence-corrected chi connectivity index (χ4v) is 3.38. The summed E-state index contributed by atoms with van der Waals surface area (Å²) >= 11 is 0. The highest BCUT2D eigenvalue weighted by Gasteiger charge is 2.23. The molecule has 2 aromatic carbocycles. The number of esters is 1. The van der Waals surface area contributed by atoms with Crippen molar-refractivity contribution in [2.24, 2.45) is 0 Å². The first kappa shape index (κ1) is 22.2. The molecule has 1 heterocycles. The Bertz CT molecular complexity index is 966. The van der Waals surface area contributed by atoms with E-state index < -0.39 is 12.1 Å². The molecule has 1 aliphatic rings. The van der Waals surface area contributed by atoms with Gasteiger partial charge in [-0.15, -0.1) is 0 Å². The van der Waals surface area contributed by atoms with Gasteiger partial charge in [0.25, 0.3) is 0 Å². The number of benzene rings is 2. The average molecular weight is 422 g/mol. The number of ketones is 1. The minimum absolute atomic E-state index is 0.0745. The Hall–Kier alpha value is -3.48. The second kappa shape index (κ2) is 10.0. The van der Waals surface area contributed by atoms with Crippen LogP contribution in [0.2, 0.25) is 0 Å². The van der Waals surface area contributed by atoms with Gasteiger partial charge in [-0.1, -0.05) is 6.92 Å². The van der Waals surface area contributed by atoms with Crippen molar-refractivity contribution in [3.63, 3.8) is 0 Å². The summed E-state index contributed by atoms with van der Waals surface area (Å²) in [6.45, 7) is 4.12. The van der Waals surface area contributed by atoms with Crippen LogP contribution in [-0.2, 0) is 14.3 Å². The largest absolute Gasteiger partial charge is 0.451 e. The molecule has 7 nitrogen and oxygen atoms in total. The van der Waals surface area contributed by atoms with Gasteiger partial charge in [-0.3, -0.25) is 14.4 Å². The van der Waals surface area contributed by atoms with Crippen molar-refractivity contribution in [3.05, 3.63) is 59.7 Å². The normalized spacial score (nSPS) is 14.3. The van der Waals surface area contributed by atoms with Crippen LogP contribution in [-0.4, -0.2) is 36.2 Å². The van der Waals surface area contributed by atoms with Gasteiger partial charge in [0.15, 0.2) is 6.10 Å². The Morgan fingerprint density at radius 2 is 1.68 bits per heavy atom. The number of ether oxygens (including phenoxy) is 1. The molecule has 0 radical (unpaired) electrons. The van der Waals surface area contributed by atoms with Crippen LogP contribution in [0.3, 0.4) is 0 Å². The number of carbonyl (C=O) groups is 4. The van der Waals surface area contributed by atoms with Gasteiger partial charge in [0.2, 0.25) is 17.6 Å². The van der Waals surface area contributed by atoms with E-state index in [-0.39, 0.29) is 17.6 Å². The minimum atomic E-state index is -0.965. The maximum Gasteiger partial charge on any atom is 0.338 e. The van der Waals surface area contributed by atoms with Crippen LogP contribution in [0.1, 0.15) is 60.2 Å². The first-order valence-electron chi connectivity index (χ1n) is 10.4. The van der Waals surface area contributed by atoms with Gasteiger partial charge in [0.05, 0.1) is 5.56 Å². The van der Waals surface area contributed by atoms with Crippen LogP contribution >= 0.6 is 0 Å². The smallest absolute Gasteiger partial charge is 0.338 e. The summed E-state index contributed by atoms with van der Waals surface area (Å²) in [5.41, 5.74) is 2.05. The number of hydrogen-bond acceptors (Lipinski definition) is 5.